The van der Waals surface area contributed by atoms with E-state index in [4.69, 9.17) is 4.74 Å². The van der Waals surface area contributed by atoms with Crippen molar-refractivity contribution < 1.29 is 14.3 Å². The molecular formula is C18H24N4O3. The molecular weight excluding hydrogens is 320 g/mol. The Balaban J connectivity index is 2.04. The molecule has 2 amide bonds. The van der Waals surface area contributed by atoms with E-state index in [9.17, 15) is 9.59 Å². The SMILES string of the molecule is CC[C@@H](NC(=O)c1cc(OCC(=O)N(C)C)n(C)n1)c1ccccc1. The number of likely N-dealkylation sites (N-methyl/N-ethyl adjacent to an activating group) is 1. The Labute approximate surface area is 147 Å². The van der Waals surface area contributed by atoms with Crippen LogP contribution in [0.2, 0.25) is 0 Å². The Morgan fingerprint density at radius 1 is 1.28 bits per heavy atom. The fourth-order valence-electron chi connectivity index (χ4n) is 2.30. The molecule has 0 spiro atoms. The van der Waals surface area contributed by atoms with Gasteiger partial charge in [-0.1, -0.05) is 37.3 Å². The van der Waals surface area contributed by atoms with E-state index in [-0.39, 0.29) is 30.2 Å². The van der Waals surface area contributed by atoms with Gasteiger partial charge in [0.05, 0.1) is 6.04 Å². The molecule has 0 saturated heterocycles. The van der Waals surface area contributed by atoms with E-state index < -0.39 is 0 Å². The Kier molecular flexibility index (Phi) is 6.16. The van der Waals surface area contributed by atoms with Crippen molar-refractivity contribution >= 4 is 11.8 Å². The van der Waals surface area contributed by atoms with Crippen LogP contribution in [0.15, 0.2) is 36.4 Å². The fourth-order valence-corrected chi connectivity index (χ4v) is 2.30. The summed E-state index contributed by atoms with van der Waals surface area (Å²) in [4.78, 5) is 25.5. The topological polar surface area (TPSA) is 76.5 Å². The Morgan fingerprint density at radius 3 is 2.56 bits per heavy atom. The summed E-state index contributed by atoms with van der Waals surface area (Å²) >= 11 is 0. The van der Waals surface area contributed by atoms with Crippen molar-refractivity contribution in [1.82, 2.24) is 20.0 Å². The Hall–Kier alpha value is -2.83. The van der Waals surface area contributed by atoms with Crippen LogP contribution in [-0.2, 0) is 11.8 Å². The van der Waals surface area contributed by atoms with Crippen LogP contribution in [0.4, 0.5) is 0 Å². The molecule has 2 aromatic rings. The van der Waals surface area contributed by atoms with Crippen LogP contribution in [0.25, 0.3) is 0 Å². The third-order valence-corrected chi connectivity index (χ3v) is 3.83. The lowest BCUT2D eigenvalue weighted by atomic mass is 10.0. The molecule has 0 radical (unpaired) electrons. The van der Waals surface area contributed by atoms with Gasteiger partial charge in [0.25, 0.3) is 11.8 Å². The number of aryl methyl sites for hydroxylation is 1. The number of carbonyl (C=O) groups excluding carboxylic acids is 2. The molecule has 7 nitrogen and oxygen atoms in total. The van der Waals surface area contributed by atoms with Gasteiger partial charge < -0.3 is 15.0 Å². The van der Waals surface area contributed by atoms with E-state index in [1.54, 1.807) is 21.1 Å². The molecule has 1 heterocycles. The summed E-state index contributed by atoms with van der Waals surface area (Å²) in [5, 5.41) is 7.15. The summed E-state index contributed by atoms with van der Waals surface area (Å²) in [5.41, 5.74) is 1.30. The van der Waals surface area contributed by atoms with E-state index >= 15 is 0 Å². The highest BCUT2D eigenvalue weighted by Gasteiger charge is 2.18. The van der Waals surface area contributed by atoms with Crippen molar-refractivity contribution in [3.8, 4) is 5.88 Å². The second-order valence-corrected chi connectivity index (χ2v) is 5.91. The quantitative estimate of drug-likeness (QED) is 0.830. The van der Waals surface area contributed by atoms with Crippen LogP contribution < -0.4 is 10.1 Å². The Bertz CT molecular complexity index is 725. The number of nitrogens with zero attached hydrogens (tertiary/aromatic N) is 3. The summed E-state index contributed by atoms with van der Waals surface area (Å²) < 4.78 is 6.88. The molecule has 1 N–H and O–H groups in total. The predicted molar refractivity (Wildman–Crippen MR) is 94.3 cm³/mol. The van der Waals surface area contributed by atoms with Crippen LogP contribution in [0.3, 0.4) is 0 Å². The lowest BCUT2D eigenvalue weighted by molar-refractivity contribution is -0.130. The molecule has 0 fully saturated rings. The minimum absolute atomic E-state index is 0.0876. The summed E-state index contributed by atoms with van der Waals surface area (Å²) in [6.07, 6.45) is 0.767. The van der Waals surface area contributed by atoms with Gasteiger partial charge in [-0.2, -0.15) is 5.10 Å². The largest absolute Gasteiger partial charge is 0.468 e. The number of carbonyl (C=O) groups is 2. The van der Waals surface area contributed by atoms with Gasteiger partial charge in [0.2, 0.25) is 5.88 Å². The first-order valence-corrected chi connectivity index (χ1v) is 8.15. The second-order valence-electron chi connectivity index (χ2n) is 5.91. The van der Waals surface area contributed by atoms with Crippen LogP contribution in [0.1, 0.15) is 35.4 Å². The lowest BCUT2D eigenvalue weighted by Gasteiger charge is -2.16. The normalized spacial score (nSPS) is 11.7. The van der Waals surface area contributed by atoms with Gasteiger partial charge in [-0.3, -0.25) is 9.59 Å². The number of benzene rings is 1. The minimum atomic E-state index is -0.278. The Morgan fingerprint density at radius 2 is 1.96 bits per heavy atom. The van der Waals surface area contributed by atoms with E-state index in [2.05, 4.69) is 10.4 Å². The van der Waals surface area contributed by atoms with Gasteiger partial charge in [0.1, 0.15) is 0 Å². The van der Waals surface area contributed by atoms with E-state index in [1.165, 1.54) is 15.6 Å². The maximum atomic E-state index is 12.5. The van der Waals surface area contributed by atoms with Gasteiger partial charge in [-0.05, 0) is 12.0 Å². The number of rotatable bonds is 7. The first-order chi connectivity index (χ1) is 11.9. The van der Waals surface area contributed by atoms with Crippen molar-refractivity contribution in [2.45, 2.75) is 19.4 Å². The smallest absolute Gasteiger partial charge is 0.272 e. The summed E-state index contributed by atoms with van der Waals surface area (Å²) in [5.74, 6) is -0.0736. The number of hydrogen-bond acceptors (Lipinski definition) is 4. The zero-order valence-electron chi connectivity index (χ0n) is 15.0. The highest BCUT2D eigenvalue weighted by Crippen LogP contribution is 2.18. The molecule has 0 unspecified atom stereocenters. The average Bonchev–Trinajstić information content (AvgIpc) is 2.99. The molecule has 25 heavy (non-hydrogen) atoms. The molecule has 0 aliphatic carbocycles. The number of hydrogen-bond donors (Lipinski definition) is 1. The van der Waals surface area contributed by atoms with Crippen molar-refractivity contribution in [2.75, 3.05) is 20.7 Å². The number of aromatic nitrogens is 2. The number of amides is 2. The predicted octanol–water partition coefficient (Wildman–Crippen LogP) is 1.77. The zero-order valence-corrected chi connectivity index (χ0v) is 15.0. The number of nitrogens with one attached hydrogen (secondary N) is 1. The highest BCUT2D eigenvalue weighted by atomic mass is 16.5. The molecule has 1 aromatic heterocycles. The van der Waals surface area contributed by atoms with Gasteiger partial charge in [-0.25, -0.2) is 4.68 Å². The molecule has 0 aliphatic rings. The zero-order chi connectivity index (χ0) is 18.4. The maximum Gasteiger partial charge on any atom is 0.272 e. The van der Waals surface area contributed by atoms with Crippen molar-refractivity contribution in [1.29, 1.82) is 0 Å². The summed E-state index contributed by atoms with van der Waals surface area (Å²) in [6.45, 7) is 1.91. The number of ether oxygens (including phenoxy) is 1. The fraction of sp³-hybridized carbons (Fsp3) is 0.389. The third-order valence-electron chi connectivity index (χ3n) is 3.83. The summed E-state index contributed by atoms with van der Waals surface area (Å²) in [6, 6.07) is 11.2. The van der Waals surface area contributed by atoms with E-state index in [0.717, 1.165) is 12.0 Å². The maximum absolute atomic E-state index is 12.5. The standard InChI is InChI=1S/C18H24N4O3/c1-5-14(13-9-7-6-8-10-13)19-18(24)15-11-17(22(4)20-15)25-12-16(23)21(2)3/h6-11,14H,5,12H2,1-4H3,(H,19,24)/t14-/m1/s1. The van der Waals surface area contributed by atoms with Crippen LogP contribution in [-0.4, -0.2) is 47.2 Å². The van der Waals surface area contributed by atoms with Gasteiger partial charge >= 0.3 is 0 Å². The lowest BCUT2D eigenvalue weighted by Crippen LogP contribution is -2.28. The minimum Gasteiger partial charge on any atom is -0.468 e. The van der Waals surface area contributed by atoms with Crippen LogP contribution in [0.5, 0.6) is 5.88 Å². The first kappa shape index (κ1) is 18.5. The van der Waals surface area contributed by atoms with E-state index in [0.29, 0.717) is 5.88 Å². The van der Waals surface area contributed by atoms with Gasteiger partial charge in [-0.15, -0.1) is 0 Å². The third kappa shape index (κ3) is 4.82. The van der Waals surface area contributed by atoms with Crippen molar-refractivity contribution in [3.05, 3.63) is 47.7 Å². The summed E-state index contributed by atoms with van der Waals surface area (Å²) in [7, 11) is 4.98. The monoisotopic (exact) mass is 344 g/mol. The highest BCUT2D eigenvalue weighted by molar-refractivity contribution is 5.92. The second kappa shape index (κ2) is 8.32. The van der Waals surface area contributed by atoms with Crippen LogP contribution in [0, 0.1) is 0 Å². The van der Waals surface area contributed by atoms with E-state index in [1.807, 2.05) is 37.3 Å². The molecule has 0 saturated carbocycles. The molecule has 2 rings (SSSR count). The van der Waals surface area contributed by atoms with Gasteiger partial charge in [0, 0.05) is 27.2 Å². The molecule has 1 atom stereocenters. The molecule has 0 aliphatic heterocycles. The molecule has 7 heteroatoms. The van der Waals surface area contributed by atoms with Crippen molar-refractivity contribution in [3.63, 3.8) is 0 Å². The van der Waals surface area contributed by atoms with Crippen LogP contribution >= 0.6 is 0 Å². The molecule has 134 valence electrons. The average molecular weight is 344 g/mol. The first-order valence-electron chi connectivity index (χ1n) is 8.15. The van der Waals surface area contributed by atoms with Crippen molar-refractivity contribution in [2.24, 2.45) is 7.05 Å². The molecule has 0 bridgehead atoms. The molecule has 1 aromatic carbocycles. The van der Waals surface area contributed by atoms with Gasteiger partial charge in [0.15, 0.2) is 12.3 Å².